The second kappa shape index (κ2) is 9.70. The van der Waals surface area contributed by atoms with E-state index in [-0.39, 0.29) is 41.0 Å². The van der Waals surface area contributed by atoms with Gasteiger partial charge in [-0.25, -0.2) is 9.97 Å². The lowest BCUT2D eigenvalue weighted by atomic mass is 9.97. The van der Waals surface area contributed by atoms with Crippen molar-refractivity contribution in [3.05, 3.63) is 52.6 Å². The molecule has 1 saturated heterocycles. The Balaban J connectivity index is 1.18. The van der Waals surface area contributed by atoms with Crippen LogP contribution < -0.4 is 5.73 Å². The Kier molecular flexibility index (Phi) is 6.76. The molecule has 0 unspecified atom stereocenters. The molecule has 2 amide bonds. The lowest BCUT2D eigenvalue weighted by molar-refractivity contribution is -0.161. The number of halogens is 1. The molecule has 1 aliphatic carbocycles. The average Bonchev–Trinajstić information content (AvgIpc) is 3.40. The van der Waals surface area contributed by atoms with Crippen LogP contribution in [0.25, 0.3) is 0 Å². The Morgan fingerprint density at radius 3 is 2.42 bits per heavy atom. The minimum Gasteiger partial charge on any atom is -0.395 e. The Morgan fingerprint density at radius 2 is 1.75 bits per heavy atom. The number of ether oxygens (including phenoxy) is 2. The van der Waals surface area contributed by atoms with Crippen LogP contribution >= 0.6 is 11.6 Å². The number of hydrogen-bond acceptors (Lipinski definition) is 8. The standard InChI is InChI=1S/C26H32ClN5O4/c1-26(2)35-21-15(12-19-20(28)23(27)30-14-29-19)11-16(22(21)36-26)13-31(3)9-6-10-32-24(33)17-7-4-5-8-18(17)25(32)34/h4-5,7-8,14-16,21-22H,6,9-13,28H2,1-3H3/t15-,16-,21-,22+/m0/s1. The smallest absolute Gasteiger partial charge is 0.261 e. The number of carbonyl (C=O) groups is 2. The highest BCUT2D eigenvalue weighted by Gasteiger charge is 2.53. The van der Waals surface area contributed by atoms with Crippen molar-refractivity contribution in [2.75, 3.05) is 32.4 Å². The van der Waals surface area contributed by atoms with Crippen LogP contribution in [0, 0.1) is 11.8 Å². The van der Waals surface area contributed by atoms with Crippen molar-refractivity contribution in [1.29, 1.82) is 0 Å². The van der Waals surface area contributed by atoms with Crippen molar-refractivity contribution in [3.8, 4) is 0 Å². The molecule has 2 fully saturated rings. The Hall–Kier alpha value is -2.59. The lowest BCUT2D eigenvalue weighted by Gasteiger charge is -2.27. The highest BCUT2D eigenvalue weighted by molar-refractivity contribution is 6.31. The molecule has 0 spiro atoms. The Bertz CT molecular complexity index is 1140. The zero-order valence-electron chi connectivity index (χ0n) is 20.8. The van der Waals surface area contributed by atoms with Crippen molar-refractivity contribution >= 4 is 29.1 Å². The van der Waals surface area contributed by atoms with Gasteiger partial charge in [-0.2, -0.15) is 0 Å². The minimum atomic E-state index is -0.648. The zero-order chi connectivity index (χ0) is 25.6. The molecule has 2 aromatic rings. The lowest BCUT2D eigenvalue weighted by Crippen LogP contribution is -2.36. The van der Waals surface area contributed by atoms with Crippen LogP contribution in [0.5, 0.6) is 0 Å². The van der Waals surface area contributed by atoms with Gasteiger partial charge in [0.05, 0.1) is 34.7 Å². The number of anilines is 1. The summed E-state index contributed by atoms with van der Waals surface area (Å²) >= 11 is 6.11. The van der Waals surface area contributed by atoms with Gasteiger partial charge < -0.3 is 20.1 Å². The summed E-state index contributed by atoms with van der Waals surface area (Å²) in [6, 6.07) is 6.99. The SMILES string of the molecule is CN(CCCN1C(=O)c2ccccc2C1=O)C[C@@H]1C[C@@H](Cc2ncnc(Cl)c2N)[C@@H]2OC(C)(C)O[C@H]12. The molecule has 4 atom stereocenters. The van der Waals surface area contributed by atoms with Crippen molar-refractivity contribution in [2.24, 2.45) is 11.8 Å². The van der Waals surface area contributed by atoms with Crippen LogP contribution in [0.3, 0.4) is 0 Å². The average molecular weight is 514 g/mol. The number of fused-ring (bicyclic) bond motifs is 2. The van der Waals surface area contributed by atoms with Gasteiger partial charge in [0.25, 0.3) is 11.8 Å². The van der Waals surface area contributed by atoms with Crippen molar-refractivity contribution in [2.45, 2.75) is 51.1 Å². The third-order valence-corrected chi connectivity index (χ3v) is 7.72. The van der Waals surface area contributed by atoms with Crippen LogP contribution in [0.4, 0.5) is 5.69 Å². The molecule has 3 heterocycles. The van der Waals surface area contributed by atoms with Crippen LogP contribution in [0.15, 0.2) is 30.6 Å². The molecule has 3 aliphatic rings. The fourth-order valence-electron chi connectivity index (χ4n) is 5.83. The van der Waals surface area contributed by atoms with Crippen LogP contribution in [0.1, 0.15) is 53.1 Å². The van der Waals surface area contributed by atoms with Gasteiger partial charge in [-0.15, -0.1) is 0 Å². The molecule has 0 radical (unpaired) electrons. The van der Waals surface area contributed by atoms with Gasteiger partial charge in [-0.05, 0) is 64.8 Å². The first kappa shape index (κ1) is 25.1. The van der Waals surface area contributed by atoms with Crippen molar-refractivity contribution in [3.63, 3.8) is 0 Å². The summed E-state index contributed by atoms with van der Waals surface area (Å²) in [4.78, 5) is 37.1. The molecule has 2 aliphatic heterocycles. The minimum absolute atomic E-state index is 0.0257. The number of nitrogens with two attached hydrogens (primary N) is 1. The van der Waals surface area contributed by atoms with Gasteiger partial charge in [-0.3, -0.25) is 14.5 Å². The first-order valence-electron chi connectivity index (χ1n) is 12.4. The topological polar surface area (TPSA) is 111 Å². The molecule has 36 heavy (non-hydrogen) atoms. The third kappa shape index (κ3) is 4.72. The molecule has 9 nitrogen and oxygen atoms in total. The molecule has 5 rings (SSSR count). The van der Waals surface area contributed by atoms with Gasteiger partial charge in [-0.1, -0.05) is 23.7 Å². The first-order chi connectivity index (χ1) is 17.1. The van der Waals surface area contributed by atoms with Crippen LogP contribution in [-0.4, -0.2) is 76.3 Å². The highest BCUT2D eigenvalue weighted by atomic mass is 35.5. The summed E-state index contributed by atoms with van der Waals surface area (Å²) in [5, 5.41) is 0.271. The molecule has 1 saturated carbocycles. The monoisotopic (exact) mass is 513 g/mol. The van der Waals surface area contributed by atoms with Gasteiger partial charge in [0.1, 0.15) is 6.33 Å². The number of rotatable bonds is 8. The fourth-order valence-corrected chi connectivity index (χ4v) is 5.99. The summed E-state index contributed by atoms with van der Waals surface area (Å²) in [6.07, 6.45) is 3.62. The third-order valence-electron chi connectivity index (χ3n) is 7.42. The summed E-state index contributed by atoms with van der Waals surface area (Å²) in [5.41, 5.74) is 8.27. The van der Waals surface area contributed by atoms with Gasteiger partial charge in [0, 0.05) is 19.0 Å². The van der Waals surface area contributed by atoms with E-state index in [1.54, 1.807) is 24.3 Å². The second-order valence-corrected chi connectivity index (χ2v) is 10.8. The summed E-state index contributed by atoms with van der Waals surface area (Å²) in [5.74, 6) is -0.595. The molecule has 1 aromatic carbocycles. The second-order valence-electron chi connectivity index (χ2n) is 10.5. The maximum atomic E-state index is 12.6. The first-order valence-corrected chi connectivity index (χ1v) is 12.8. The summed E-state index contributed by atoms with van der Waals surface area (Å²) < 4.78 is 12.6. The molecule has 10 heteroatoms. The number of hydrogen-bond donors (Lipinski definition) is 1. The maximum Gasteiger partial charge on any atom is 0.261 e. The number of aromatic nitrogens is 2. The van der Waals surface area contributed by atoms with Crippen molar-refractivity contribution in [1.82, 2.24) is 19.8 Å². The number of benzene rings is 1. The van der Waals surface area contributed by atoms with Gasteiger partial charge in [0.2, 0.25) is 0 Å². The van der Waals surface area contributed by atoms with Crippen LogP contribution in [0.2, 0.25) is 5.15 Å². The van der Waals surface area contributed by atoms with E-state index in [4.69, 9.17) is 26.8 Å². The van der Waals surface area contributed by atoms with Crippen molar-refractivity contribution < 1.29 is 19.1 Å². The number of amides is 2. The van der Waals surface area contributed by atoms with E-state index in [0.29, 0.717) is 36.2 Å². The number of nitrogen functional groups attached to an aromatic ring is 1. The van der Waals surface area contributed by atoms with E-state index in [2.05, 4.69) is 21.9 Å². The summed E-state index contributed by atoms with van der Waals surface area (Å²) in [7, 11) is 2.06. The molecule has 0 bridgehead atoms. The van der Waals surface area contributed by atoms with E-state index in [1.165, 1.54) is 11.2 Å². The summed E-state index contributed by atoms with van der Waals surface area (Å²) in [6.45, 7) is 5.86. The van der Waals surface area contributed by atoms with E-state index in [1.807, 2.05) is 13.8 Å². The maximum absolute atomic E-state index is 12.6. The van der Waals surface area contributed by atoms with E-state index in [9.17, 15) is 9.59 Å². The Morgan fingerprint density at radius 1 is 1.11 bits per heavy atom. The van der Waals surface area contributed by atoms with E-state index < -0.39 is 5.79 Å². The molecule has 192 valence electrons. The molecule has 2 N–H and O–H groups in total. The molecular formula is C26H32ClN5O4. The quantitative estimate of drug-likeness (QED) is 0.423. The fraction of sp³-hybridized carbons (Fsp3) is 0.538. The predicted molar refractivity (Wildman–Crippen MR) is 135 cm³/mol. The van der Waals surface area contributed by atoms with E-state index >= 15 is 0 Å². The van der Waals surface area contributed by atoms with Gasteiger partial charge >= 0.3 is 0 Å². The van der Waals surface area contributed by atoms with E-state index in [0.717, 1.165) is 25.2 Å². The number of imide groups is 1. The highest BCUT2D eigenvalue weighted by Crippen LogP contribution is 2.46. The molecular weight excluding hydrogens is 482 g/mol. The van der Waals surface area contributed by atoms with Crippen LogP contribution in [-0.2, 0) is 15.9 Å². The zero-order valence-corrected chi connectivity index (χ0v) is 21.6. The number of nitrogens with zero attached hydrogens (tertiary/aromatic N) is 4. The molecule has 1 aromatic heterocycles. The Labute approximate surface area is 215 Å². The predicted octanol–water partition coefficient (Wildman–Crippen LogP) is 3.03. The largest absolute Gasteiger partial charge is 0.395 e. The normalized spacial score (nSPS) is 26.6. The number of carbonyl (C=O) groups excluding carboxylic acids is 2. The van der Waals surface area contributed by atoms with Gasteiger partial charge in [0.15, 0.2) is 10.9 Å².